The summed E-state index contributed by atoms with van der Waals surface area (Å²) in [5.74, 6) is 0.826. The van der Waals surface area contributed by atoms with Gasteiger partial charge in [0.05, 0.1) is 6.04 Å². The second-order valence-electron chi connectivity index (χ2n) is 4.14. The van der Waals surface area contributed by atoms with Crippen molar-refractivity contribution in [3.63, 3.8) is 0 Å². The maximum absolute atomic E-state index is 11.7. The average molecular weight is 167 g/mol. The highest BCUT2D eigenvalue weighted by Gasteiger charge is 2.35. The summed E-state index contributed by atoms with van der Waals surface area (Å²) in [5, 5.41) is 0. The molecule has 0 aromatic carbocycles. The van der Waals surface area contributed by atoms with Crippen LogP contribution < -0.4 is 0 Å². The van der Waals surface area contributed by atoms with Crippen LogP contribution in [-0.4, -0.2) is 29.8 Å². The Balaban J connectivity index is 1.99. The molecule has 0 N–H and O–H groups in total. The predicted octanol–water partition coefficient (Wildman–Crippen LogP) is 1.45. The Hall–Kier alpha value is -0.370. The average Bonchev–Trinajstić information content (AvgIpc) is 2.64. The van der Waals surface area contributed by atoms with E-state index in [1.807, 2.05) is 0 Å². The third-order valence-corrected chi connectivity index (χ3v) is 3.27. The van der Waals surface area contributed by atoms with Gasteiger partial charge in [-0.05, 0) is 38.8 Å². The second kappa shape index (κ2) is 3.17. The molecule has 2 atom stereocenters. The van der Waals surface area contributed by atoms with Crippen molar-refractivity contribution < 1.29 is 4.79 Å². The van der Waals surface area contributed by atoms with Crippen molar-refractivity contribution in [2.45, 2.75) is 38.6 Å². The van der Waals surface area contributed by atoms with Gasteiger partial charge in [-0.1, -0.05) is 6.92 Å². The van der Waals surface area contributed by atoms with Gasteiger partial charge in [-0.25, -0.2) is 0 Å². The number of hydrogen-bond acceptors (Lipinski definition) is 2. The Kier molecular flexibility index (Phi) is 2.18. The summed E-state index contributed by atoms with van der Waals surface area (Å²) in [6.07, 6.45) is 4.80. The highest BCUT2D eigenvalue weighted by Crippen LogP contribution is 2.27. The molecule has 0 amide bonds. The van der Waals surface area contributed by atoms with Crippen molar-refractivity contribution in [3.8, 4) is 0 Å². The quantitative estimate of drug-likeness (QED) is 0.589. The van der Waals surface area contributed by atoms with Crippen LogP contribution >= 0.6 is 0 Å². The topological polar surface area (TPSA) is 20.3 Å². The zero-order valence-electron chi connectivity index (χ0n) is 7.75. The van der Waals surface area contributed by atoms with Crippen molar-refractivity contribution >= 4 is 5.78 Å². The van der Waals surface area contributed by atoms with E-state index >= 15 is 0 Å². The van der Waals surface area contributed by atoms with Crippen LogP contribution in [-0.2, 0) is 4.79 Å². The van der Waals surface area contributed by atoms with E-state index in [0.717, 1.165) is 25.9 Å². The van der Waals surface area contributed by atoms with E-state index in [1.54, 1.807) is 0 Å². The van der Waals surface area contributed by atoms with E-state index in [1.165, 1.54) is 12.8 Å². The maximum Gasteiger partial charge on any atom is 0.152 e. The van der Waals surface area contributed by atoms with Crippen LogP contribution in [0.25, 0.3) is 0 Å². The molecule has 2 aliphatic rings. The van der Waals surface area contributed by atoms with E-state index in [0.29, 0.717) is 17.7 Å². The monoisotopic (exact) mass is 167 g/mol. The van der Waals surface area contributed by atoms with Gasteiger partial charge in [-0.2, -0.15) is 0 Å². The van der Waals surface area contributed by atoms with Gasteiger partial charge in [0, 0.05) is 5.92 Å². The molecule has 0 aromatic rings. The minimum Gasteiger partial charge on any atom is -0.298 e. The third-order valence-electron chi connectivity index (χ3n) is 3.27. The molecule has 1 saturated heterocycles. The van der Waals surface area contributed by atoms with Crippen LogP contribution in [0.15, 0.2) is 0 Å². The number of nitrogens with zero attached hydrogens (tertiary/aromatic N) is 1. The highest BCUT2D eigenvalue weighted by molar-refractivity contribution is 5.88. The summed E-state index contributed by atoms with van der Waals surface area (Å²) < 4.78 is 0. The van der Waals surface area contributed by atoms with E-state index < -0.39 is 0 Å². The molecule has 0 spiro atoms. The molecular formula is C10H17NO. The Morgan fingerprint density at radius 2 is 1.92 bits per heavy atom. The van der Waals surface area contributed by atoms with Crippen molar-refractivity contribution in [3.05, 3.63) is 0 Å². The van der Waals surface area contributed by atoms with Gasteiger partial charge in [0.25, 0.3) is 0 Å². The van der Waals surface area contributed by atoms with Crippen LogP contribution in [0.2, 0.25) is 0 Å². The van der Waals surface area contributed by atoms with Crippen LogP contribution in [0.5, 0.6) is 0 Å². The lowest BCUT2D eigenvalue weighted by atomic mass is 10.1. The summed E-state index contributed by atoms with van der Waals surface area (Å²) in [4.78, 5) is 14.0. The molecule has 0 radical (unpaired) electrons. The standard InChI is InChI=1S/C10H17NO/c1-8-4-5-9(10(8)12)11-6-2-3-7-11/h8-9H,2-7H2,1H3. The zero-order chi connectivity index (χ0) is 8.55. The van der Waals surface area contributed by atoms with E-state index in [9.17, 15) is 4.79 Å². The SMILES string of the molecule is CC1CCC(N2CCCC2)C1=O. The lowest BCUT2D eigenvalue weighted by Gasteiger charge is -2.21. The van der Waals surface area contributed by atoms with Crippen molar-refractivity contribution in [1.82, 2.24) is 4.90 Å². The molecule has 1 aliphatic heterocycles. The smallest absolute Gasteiger partial charge is 0.152 e. The molecular weight excluding hydrogens is 150 g/mol. The third kappa shape index (κ3) is 1.28. The summed E-state index contributed by atoms with van der Waals surface area (Å²) in [6, 6.07) is 0.294. The van der Waals surface area contributed by atoms with Crippen LogP contribution in [0.4, 0.5) is 0 Å². The fourth-order valence-electron chi connectivity index (χ4n) is 2.44. The number of likely N-dealkylation sites (tertiary alicyclic amines) is 1. The Bertz CT molecular complexity index is 184. The summed E-state index contributed by atoms with van der Waals surface area (Å²) in [6.45, 7) is 4.38. The molecule has 1 heterocycles. The largest absolute Gasteiger partial charge is 0.298 e. The molecule has 12 heavy (non-hydrogen) atoms. The van der Waals surface area contributed by atoms with Gasteiger partial charge in [0.1, 0.15) is 0 Å². The van der Waals surface area contributed by atoms with Gasteiger partial charge in [-0.3, -0.25) is 9.69 Å². The van der Waals surface area contributed by atoms with Gasteiger partial charge < -0.3 is 0 Å². The van der Waals surface area contributed by atoms with Crippen LogP contribution in [0.3, 0.4) is 0 Å². The molecule has 2 rings (SSSR count). The number of carbonyl (C=O) groups excluding carboxylic acids is 1. The fraction of sp³-hybridized carbons (Fsp3) is 0.900. The number of Topliss-reactive ketones (excluding diaryl/α,β-unsaturated/α-hetero) is 1. The normalized spacial score (nSPS) is 37.9. The van der Waals surface area contributed by atoms with Crippen LogP contribution in [0.1, 0.15) is 32.6 Å². The Morgan fingerprint density at radius 3 is 2.42 bits per heavy atom. The molecule has 0 aromatic heterocycles. The molecule has 2 nitrogen and oxygen atoms in total. The first-order valence-electron chi connectivity index (χ1n) is 5.07. The van der Waals surface area contributed by atoms with Crippen molar-refractivity contribution in [2.75, 3.05) is 13.1 Å². The molecule has 2 heteroatoms. The van der Waals surface area contributed by atoms with Crippen molar-refractivity contribution in [2.24, 2.45) is 5.92 Å². The molecule has 68 valence electrons. The van der Waals surface area contributed by atoms with Gasteiger partial charge in [0.15, 0.2) is 5.78 Å². The second-order valence-corrected chi connectivity index (χ2v) is 4.14. The van der Waals surface area contributed by atoms with Crippen LogP contribution in [0, 0.1) is 5.92 Å². The van der Waals surface area contributed by atoms with E-state index in [4.69, 9.17) is 0 Å². The van der Waals surface area contributed by atoms with E-state index in [2.05, 4.69) is 11.8 Å². The minimum absolute atomic E-state index is 0.294. The summed E-state index contributed by atoms with van der Waals surface area (Å²) >= 11 is 0. The molecule has 1 saturated carbocycles. The lowest BCUT2D eigenvalue weighted by molar-refractivity contribution is -0.124. The summed E-state index contributed by atoms with van der Waals surface area (Å²) in [7, 11) is 0. The first kappa shape index (κ1) is 8.24. The maximum atomic E-state index is 11.7. The fourth-order valence-corrected chi connectivity index (χ4v) is 2.44. The lowest BCUT2D eigenvalue weighted by Crippen LogP contribution is -2.36. The molecule has 2 fully saturated rings. The molecule has 0 bridgehead atoms. The Morgan fingerprint density at radius 1 is 1.25 bits per heavy atom. The number of hydrogen-bond donors (Lipinski definition) is 0. The number of rotatable bonds is 1. The van der Waals surface area contributed by atoms with E-state index in [-0.39, 0.29) is 0 Å². The Labute approximate surface area is 73.9 Å². The zero-order valence-corrected chi connectivity index (χ0v) is 7.75. The van der Waals surface area contributed by atoms with Crippen molar-refractivity contribution in [1.29, 1.82) is 0 Å². The highest BCUT2D eigenvalue weighted by atomic mass is 16.1. The number of ketones is 1. The molecule has 1 aliphatic carbocycles. The summed E-state index contributed by atoms with van der Waals surface area (Å²) in [5.41, 5.74) is 0. The first-order valence-corrected chi connectivity index (χ1v) is 5.07. The number of carbonyl (C=O) groups is 1. The molecule has 2 unspecified atom stereocenters. The van der Waals surface area contributed by atoms with Gasteiger partial charge in [0.2, 0.25) is 0 Å². The van der Waals surface area contributed by atoms with Gasteiger partial charge >= 0.3 is 0 Å². The first-order chi connectivity index (χ1) is 5.79. The predicted molar refractivity (Wildman–Crippen MR) is 48.0 cm³/mol. The van der Waals surface area contributed by atoms with Gasteiger partial charge in [-0.15, -0.1) is 0 Å². The minimum atomic E-state index is 0.294.